The molecule has 0 spiro atoms. The van der Waals surface area contributed by atoms with E-state index in [9.17, 15) is 9.59 Å². The molecule has 0 radical (unpaired) electrons. The van der Waals surface area contributed by atoms with Gasteiger partial charge in [0.05, 0.1) is 12.7 Å². The molecule has 1 amide bonds. The van der Waals surface area contributed by atoms with Crippen LogP contribution in [0.3, 0.4) is 0 Å². The average Bonchev–Trinajstić information content (AvgIpc) is 2.57. The van der Waals surface area contributed by atoms with Gasteiger partial charge in [0.15, 0.2) is 23.9 Å². The number of nitrogens with one attached hydrogen (secondary N) is 1. The van der Waals surface area contributed by atoms with Crippen LogP contribution in [0.1, 0.15) is 26.3 Å². The molecule has 0 aliphatic carbocycles. The Morgan fingerprint density at radius 1 is 1.33 bits per heavy atom. The number of Topliss-reactive ketones (excluding diaryl/α,β-unsaturated/α-hetero) is 1. The zero-order valence-electron chi connectivity index (χ0n) is 14.4. The number of nitrogens with zero attached hydrogens (tertiary/aromatic N) is 1. The van der Waals surface area contributed by atoms with Crippen LogP contribution in [0.2, 0.25) is 0 Å². The number of ether oxygens (including phenoxy) is 2. The predicted octanol–water partition coefficient (Wildman–Crippen LogP) is 2.34. The maximum atomic E-state index is 11.9. The molecule has 0 saturated carbocycles. The maximum Gasteiger partial charge on any atom is 0.257 e. The molecule has 0 atom stereocenters. The van der Waals surface area contributed by atoms with Gasteiger partial charge in [-0.25, -0.2) is 0 Å². The molecule has 6 nitrogen and oxygen atoms in total. The molecule has 1 aromatic carbocycles. The Bertz CT molecular complexity index is 672. The van der Waals surface area contributed by atoms with E-state index in [0.29, 0.717) is 23.6 Å². The summed E-state index contributed by atoms with van der Waals surface area (Å²) in [6, 6.07) is 6.91. The summed E-state index contributed by atoms with van der Waals surface area (Å²) in [5, 5.41) is 11.8. The predicted molar refractivity (Wildman–Crippen MR) is 90.6 cm³/mol. The Morgan fingerprint density at radius 3 is 2.58 bits per heavy atom. The molecule has 0 heterocycles. The standard InChI is InChI=1S/C18H22N2O4/c1-5-20-17(21)11-24-15-7-6-13(9-16(15)23-4)8-14(10-19)18(22)12(2)3/h6-9,12H,5,11H2,1-4H3,(H,20,21)/b14-8-. The van der Waals surface area contributed by atoms with Crippen molar-refractivity contribution in [2.45, 2.75) is 20.8 Å². The lowest BCUT2D eigenvalue weighted by Crippen LogP contribution is -2.28. The highest BCUT2D eigenvalue weighted by Gasteiger charge is 2.14. The van der Waals surface area contributed by atoms with Crippen molar-refractivity contribution < 1.29 is 19.1 Å². The van der Waals surface area contributed by atoms with Gasteiger partial charge in [-0.1, -0.05) is 19.9 Å². The van der Waals surface area contributed by atoms with Crippen LogP contribution in [-0.2, 0) is 9.59 Å². The van der Waals surface area contributed by atoms with Gasteiger partial charge in [0, 0.05) is 12.5 Å². The molecule has 1 N–H and O–H groups in total. The SMILES string of the molecule is CCNC(=O)COc1ccc(/C=C(/C#N)C(=O)C(C)C)cc1OC. The molecule has 0 bridgehead atoms. The third kappa shape index (κ3) is 5.43. The van der Waals surface area contributed by atoms with E-state index in [1.54, 1.807) is 32.0 Å². The summed E-state index contributed by atoms with van der Waals surface area (Å²) in [6.07, 6.45) is 1.51. The Hall–Kier alpha value is -2.81. The highest BCUT2D eigenvalue weighted by molar-refractivity contribution is 6.04. The summed E-state index contributed by atoms with van der Waals surface area (Å²) in [4.78, 5) is 23.4. The van der Waals surface area contributed by atoms with Gasteiger partial charge >= 0.3 is 0 Å². The Kier molecular flexibility index (Phi) is 7.50. The van der Waals surface area contributed by atoms with Gasteiger partial charge in [-0.15, -0.1) is 0 Å². The van der Waals surface area contributed by atoms with Gasteiger partial charge in [0.1, 0.15) is 6.07 Å². The van der Waals surface area contributed by atoms with Crippen LogP contribution in [0.5, 0.6) is 11.5 Å². The average molecular weight is 330 g/mol. The van der Waals surface area contributed by atoms with Crippen molar-refractivity contribution >= 4 is 17.8 Å². The molecule has 0 saturated heterocycles. The minimum atomic E-state index is -0.252. The van der Waals surface area contributed by atoms with Gasteiger partial charge in [-0.3, -0.25) is 9.59 Å². The first kappa shape index (κ1) is 19.2. The lowest BCUT2D eigenvalue weighted by Gasteiger charge is -2.11. The van der Waals surface area contributed by atoms with E-state index in [-0.39, 0.29) is 29.8 Å². The van der Waals surface area contributed by atoms with Crippen LogP contribution in [0, 0.1) is 17.2 Å². The second-order valence-corrected chi connectivity index (χ2v) is 5.34. The summed E-state index contributed by atoms with van der Waals surface area (Å²) >= 11 is 0. The van der Waals surface area contributed by atoms with E-state index in [0.717, 1.165) is 0 Å². The fraction of sp³-hybridized carbons (Fsp3) is 0.389. The van der Waals surface area contributed by atoms with Gasteiger partial charge in [-0.2, -0.15) is 5.26 Å². The molecule has 1 rings (SSSR count). The smallest absolute Gasteiger partial charge is 0.257 e. The van der Waals surface area contributed by atoms with Crippen molar-refractivity contribution in [3.63, 3.8) is 0 Å². The minimum absolute atomic E-state index is 0.0862. The monoisotopic (exact) mass is 330 g/mol. The number of allylic oxidation sites excluding steroid dienone is 1. The first-order chi connectivity index (χ1) is 11.4. The number of rotatable bonds is 8. The number of ketones is 1. The summed E-state index contributed by atoms with van der Waals surface area (Å²) in [5.74, 6) is 0.139. The molecule has 1 aromatic rings. The summed E-state index contributed by atoms with van der Waals surface area (Å²) in [5.41, 5.74) is 0.728. The van der Waals surface area contributed by atoms with Gasteiger partial charge < -0.3 is 14.8 Å². The second kappa shape index (κ2) is 9.36. The molecule has 24 heavy (non-hydrogen) atoms. The maximum absolute atomic E-state index is 11.9. The number of methoxy groups -OCH3 is 1. The number of benzene rings is 1. The molecular formula is C18H22N2O4. The Balaban J connectivity index is 2.99. The molecule has 0 aliphatic rings. The first-order valence-electron chi connectivity index (χ1n) is 7.66. The van der Waals surface area contributed by atoms with Gasteiger partial charge in [0.2, 0.25) is 0 Å². The van der Waals surface area contributed by atoms with Crippen molar-refractivity contribution in [3.05, 3.63) is 29.3 Å². The number of hydrogen-bond acceptors (Lipinski definition) is 5. The zero-order valence-corrected chi connectivity index (χ0v) is 14.4. The minimum Gasteiger partial charge on any atom is -0.493 e. The number of carbonyl (C=O) groups excluding carboxylic acids is 2. The largest absolute Gasteiger partial charge is 0.493 e. The number of amides is 1. The first-order valence-corrected chi connectivity index (χ1v) is 7.66. The molecule has 0 unspecified atom stereocenters. The van der Waals surface area contributed by atoms with E-state index in [2.05, 4.69) is 5.32 Å². The summed E-state index contributed by atoms with van der Waals surface area (Å²) < 4.78 is 10.7. The van der Waals surface area contributed by atoms with Crippen molar-refractivity contribution in [1.29, 1.82) is 5.26 Å². The van der Waals surface area contributed by atoms with Crippen LogP contribution < -0.4 is 14.8 Å². The summed E-state index contributed by atoms with van der Waals surface area (Å²) in [6.45, 7) is 5.72. The number of likely N-dealkylation sites (N-methyl/N-ethyl adjacent to an activating group) is 1. The number of carbonyl (C=O) groups is 2. The molecule has 0 aliphatic heterocycles. The van der Waals surface area contributed by atoms with Crippen LogP contribution in [0.25, 0.3) is 6.08 Å². The van der Waals surface area contributed by atoms with Crippen LogP contribution in [0.15, 0.2) is 23.8 Å². The Morgan fingerprint density at radius 2 is 2.04 bits per heavy atom. The topological polar surface area (TPSA) is 88.4 Å². The van der Waals surface area contributed by atoms with Crippen molar-refractivity contribution in [2.75, 3.05) is 20.3 Å². The molecule has 6 heteroatoms. The number of hydrogen-bond donors (Lipinski definition) is 1. The fourth-order valence-corrected chi connectivity index (χ4v) is 1.92. The lowest BCUT2D eigenvalue weighted by molar-refractivity contribution is -0.123. The quantitative estimate of drug-likeness (QED) is 0.584. The van der Waals surface area contributed by atoms with Crippen molar-refractivity contribution in [1.82, 2.24) is 5.32 Å². The van der Waals surface area contributed by atoms with E-state index >= 15 is 0 Å². The van der Waals surface area contributed by atoms with Crippen LogP contribution in [-0.4, -0.2) is 32.0 Å². The molecule has 128 valence electrons. The van der Waals surface area contributed by atoms with E-state index < -0.39 is 0 Å². The Labute approximate surface area is 142 Å². The van der Waals surface area contributed by atoms with E-state index in [1.807, 2.05) is 13.0 Å². The van der Waals surface area contributed by atoms with Gasteiger partial charge in [0.25, 0.3) is 5.91 Å². The van der Waals surface area contributed by atoms with E-state index in [4.69, 9.17) is 14.7 Å². The van der Waals surface area contributed by atoms with Gasteiger partial charge in [-0.05, 0) is 30.7 Å². The molecular weight excluding hydrogens is 308 g/mol. The van der Waals surface area contributed by atoms with E-state index in [1.165, 1.54) is 13.2 Å². The normalized spacial score (nSPS) is 10.9. The summed E-state index contributed by atoms with van der Waals surface area (Å²) in [7, 11) is 1.48. The van der Waals surface area contributed by atoms with Crippen molar-refractivity contribution in [3.8, 4) is 17.6 Å². The lowest BCUT2D eigenvalue weighted by atomic mass is 10.00. The van der Waals surface area contributed by atoms with Crippen LogP contribution in [0.4, 0.5) is 0 Å². The second-order valence-electron chi connectivity index (χ2n) is 5.34. The third-order valence-electron chi connectivity index (χ3n) is 3.14. The highest BCUT2D eigenvalue weighted by atomic mass is 16.5. The van der Waals surface area contributed by atoms with Crippen LogP contribution >= 0.6 is 0 Å². The number of nitriles is 1. The molecule has 0 fully saturated rings. The highest BCUT2D eigenvalue weighted by Crippen LogP contribution is 2.29. The fourth-order valence-electron chi connectivity index (χ4n) is 1.92. The van der Waals surface area contributed by atoms with Crippen molar-refractivity contribution in [2.24, 2.45) is 5.92 Å². The zero-order chi connectivity index (χ0) is 18.1. The molecule has 0 aromatic heterocycles. The third-order valence-corrected chi connectivity index (χ3v) is 3.14.